The fourth-order valence-corrected chi connectivity index (χ4v) is 2.74. The smallest absolute Gasteiger partial charge is 0.167 e. The molecule has 2 atom stereocenters. The molecular formula is C15H19ClN2O2S. The van der Waals surface area contributed by atoms with Gasteiger partial charge in [0, 0.05) is 22.6 Å². The van der Waals surface area contributed by atoms with Crippen LogP contribution in [0.5, 0.6) is 0 Å². The Morgan fingerprint density at radius 2 is 2.00 bits per heavy atom. The summed E-state index contributed by atoms with van der Waals surface area (Å²) in [5.74, 6) is 0.803. The molecule has 6 heteroatoms. The second-order valence-electron chi connectivity index (χ2n) is 5.79. The summed E-state index contributed by atoms with van der Waals surface area (Å²) in [6, 6.07) is 9.29. The Hall–Kier alpha value is -1.17. The number of benzene rings is 1. The molecule has 0 saturated carbocycles. The van der Waals surface area contributed by atoms with Crippen molar-refractivity contribution in [2.24, 2.45) is 5.14 Å². The minimum atomic E-state index is -1.38. The second kappa shape index (κ2) is 6.30. The van der Waals surface area contributed by atoms with Crippen molar-refractivity contribution in [2.45, 2.75) is 37.9 Å². The average molecular weight is 327 g/mol. The summed E-state index contributed by atoms with van der Waals surface area (Å²) in [4.78, 5) is 0. The summed E-state index contributed by atoms with van der Waals surface area (Å²) in [5.41, 5.74) is 1.76. The van der Waals surface area contributed by atoms with E-state index >= 15 is 0 Å². The van der Waals surface area contributed by atoms with Crippen molar-refractivity contribution in [1.29, 1.82) is 0 Å². The van der Waals surface area contributed by atoms with Gasteiger partial charge in [-0.05, 0) is 44.5 Å². The maximum absolute atomic E-state index is 11.5. The van der Waals surface area contributed by atoms with E-state index in [1.807, 2.05) is 51.1 Å². The van der Waals surface area contributed by atoms with Crippen LogP contribution in [0.2, 0.25) is 5.02 Å². The van der Waals surface area contributed by atoms with Gasteiger partial charge < -0.3 is 4.52 Å². The molecule has 0 fully saturated rings. The molecule has 0 radical (unpaired) electrons. The Morgan fingerprint density at radius 1 is 1.38 bits per heavy atom. The number of hydrogen-bond acceptors (Lipinski definition) is 3. The minimum absolute atomic E-state index is 0.109. The van der Waals surface area contributed by atoms with Crippen LogP contribution < -0.4 is 5.14 Å². The molecule has 114 valence electrons. The minimum Gasteiger partial charge on any atom is -0.356 e. The third-order valence-electron chi connectivity index (χ3n) is 3.50. The first-order chi connectivity index (χ1) is 9.79. The third kappa shape index (κ3) is 3.93. The van der Waals surface area contributed by atoms with Gasteiger partial charge in [-0.3, -0.25) is 5.14 Å². The number of aromatic nitrogens is 1. The number of halogens is 1. The molecular weight excluding hydrogens is 308 g/mol. The molecule has 0 bridgehead atoms. The van der Waals surface area contributed by atoms with Crippen LogP contribution in [-0.2, 0) is 11.0 Å². The van der Waals surface area contributed by atoms with Crippen molar-refractivity contribution < 1.29 is 8.73 Å². The van der Waals surface area contributed by atoms with Crippen LogP contribution >= 0.6 is 11.6 Å². The molecule has 1 unspecified atom stereocenters. The zero-order chi connectivity index (χ0) is 15.6. The Balaban J connectivity index is 2.16. The molecule has 1 aromatic heterocycles. The lowest BCUT2D eigenvalue weighted by Gasteiger charge is -2.23. The molecule has 1 heterocycles. The standard InChI is InChI=1S/C15H19ClN2O2S/c1-10(9-15(2,3)21(17)19)13-8-14(20-18-13)11-4-6-12(16)7-5-11/h4-8,10H,9,17H2,1-3H3/t10-,21?/m0/s1. The number of nitrogens with two attached hydrogens (primary N) is 1. The fraction of sp³-hybridized carbons (Fsp3) is 0.400. The van der Waals surface area contributed by atoms with Gasteiger partial charge in [-0.1, -0.05) is 23.7 Å². The van der Waals surface area contributed by atoms with Gasteiger partial charge in [0.25, 0.3) is 0 Å². The van der Waals surface area contributed by atoms with Crippen LogP contribution in [-0.4, -0.2) is 14.1 Å². The van der Waals surface area contributed by atoms with Gasteiger partial charge in [0.15, 0.2) is 5.76 Å². The van der Waals surface area contributed by atoms with Crippen molar-refractivity contribution in [1.82, 2.24) is 5.16 Å². The number of rotatable bonds is 5. The molecule has 0 aliphatic heterocycles. The zero-order valence-electron chi connectivity index (χ0n) is 12.3. The fourth-order valence-electron chi connectivity index (χ4n) is 2.20. The largest absolute Gasteiger partial charge is 0.356 e. The molecule has 0 amide bonds. The van der Waals surface area contributed by atoms with E-state index < -0.39 is 15.7 Å². The molecule has 2 rings (SSSR count). The van der Waals surface area contributed by atoms with Crippen molar-refractivity contribution in [3.05, 3.63) is 41.0 Å². The quantitative estimate of drug-likeness (QED) is 0.906. The van der Waals surface area contributed by atoms with Gasteiger partial charge in [-0.15, -0.1) is 0 Å². The Bertz CT molecular complexity index is 637. The van der Waals surface area contributed by atoms with Gasteiger partial charge in [0.2, 0.25) is 0 Å². The summed E-state index contributed by atoms with van der Waals surface area (Å²) in [5, 5.41) is 10.3. The molecule has 1 aromatic carbocycles. The number of nitrogens with zero attached hydrogens (tertiary/aromatic N) is 1. The third-order valence-corrected chi connectivity index (χ3v) is 5.01. The van der Waals surface area contributed by atoms with Gasteiger partial charge in [0.05, 0.1) is 21.4 Å². The van der Waals surface area contributed by atoms with Gasteiger partial charge in [-0.25, -0.2) is 4.21 Å². The predicted octanol–water partition coefficient (Wildman–Crippen LogP) is 3.89. The SMILES string of the molecule is C[C@@H](CC(C)(C)S(N)=O)c1cc(-c2ccc(Cl)cc2)on1. The molecule has 0 aliphatic carbocycles. The normalized spacial score (nSPS) is 14.9. The van der Waals surface area contributed by atoms with E-state index in [1.54, 1.807) is 0 Å². The first-order valence-corrected chi connectivity index (χ1v) is 8.27. The summed E-state index contributed by atoms with van der Waals surface area (Å²) in [7, 11) is -1.38. The lowest BCUT2D eigenvalue weighted by molar-refractivity contribution is 0.411. The van der Waals surface area contributed by atoms with Crippen molar-refractivity contribution in [3.63, 3.8) is 0 Å². The Kier molecular flexibility index (Phi) is 4.86. The summed E-state index contributed by atoms with van der Waals surface area (Å²) in [6.07, 6.45) is 0.669. The Labute approximate surface area is 132 Å². The van der Waals surface area contributed by atoms with Crippen molar-refractivity contribution in [2.75, 3.05) is 0 Å². The van der Waals surface area contributed by atoms with Gasteiger partial charge >= 0.3 is 0 Å². The van der Waals surface area contributed by atoms with Crippen molar-refractivity contribution >= 4 is 22.6 Å². The molecule has 2 N–H and O–H groups in total. The highest BCUT2D eigenvalue weighted by Crippen LogP contribution is 2.30. The Morgan fingerprint density at radius 3 is 2.57 bits per heavy atom. The highest BCUT2D eigenvalue weighted by atomic mass is 35.5. The second-order valence-corrected chi connectivity index (χ2v) is 7.92. The zero-order valence-corrected chi connectivity index (χ0v) is 13.9. The summed E-state index contributed by atoms with van der Waals surface area (Å²) >= 11 is 5.87. The van der Waals surface area contributed by atoms with E-state index in [4.69, 9.17) is 21.3 Å². The highest BCUT2D eigenvalue weighted by Gasteiger charge is 2.28. The van der Waals surface area contributed by atoms with Crippen LogP contribution in [0.25, 0.3) is 11.3 Å². The van der Waals surface area contributed by atoms with E-state index in [9.17, 15) is 4.21 Å². The maximum Gasteiger partial charge on any atom is 0.167 e. The van der Waals surface area contributed by atoms with E-state index in [2.05, 4.69) is 5.16 Å². The molecule has 0 spiro atoms. The van der Waals surface area contributed by atoms with Crippen LogP contribution in [0.1, 0.15) is 38.8 Å². The van der Waals surface area contributed by atoms with Gasteiger partial charge in [-0.2, -0.15) is 0 Å². The monoisotopic (exact) mass is 326 g/mol. The highest BCUT2D eigenvalue weighted by molar-refractivity contribution is 7.84. The molecule has 21 heavy (non-hydrogen) atoms. The lowest BCUT2D eigenvalue weighted by atomic mass is 9.95. The van der Waals surface area contributed by atoms with Crippen LogP contribution in [0.3, 0.4) is 0 Å². The van der Waals surface area contributed by atoms with Crippen LogP contribution in [0, 0.1) is 0 Å². The molecule has 0 saturated heterocycles. The van der Waals surface area contributed by atoms with Gasteiger partial charge in [0.1, 0.15) is 0 Å². The lowest BCUT2D eigenvalue weighted by Crippen LogP contribution is -2.33. The first-order valence-electron chi connectivity index (χ1n) is 6.68. The molecule has 2 aromatic rings. The van der Waals surface area contributed by atoms with Crippen LogP contribution in [0.4, 0.5) is 0 Å². The average Bonchev–Trinajstić information content (AvgIpc) is 2.88. The summed E-state index contributed by atoms with van der Waals surface area (Å²) in [6.45, 7) is 5.80. The first kappa shape index (κ1) is 16.2. The van der Waals surface area contributed by atoms with E-state index in [-0.39, 0.29) is 5.92 Å². The summed E-state index contributed by atoms with van der Waals surface area (Å²) < 4.78 is 16.5. The van der Waals surface area contributed by atoms with E-state index in [0.29, 0.717) is 17.2 Å². The van der Waals surface area contributed by atoms with Crippen molar-refractivity contribution in [3.8, 4) is 11.3 Å². The molecule has 0 aliphatic rings. The molecule has 4 nitrogen and oxygen atoms in total. The number of hydrogen-bond donors (Lipinski definition) is 1. The topological polar surface area (TPSA) is 69.1 Å². The van der Waals surface area contributed by atoms with E-state index in [0.717, 1.165) is 11.3 Å². The van der Waals surface area contributed by atoms with E-state index in [1.165, 1.54) is 0 Å². The maximum atomic E-state index is 11.5. The predicted molar refractivity (Wildman–Crippen MR) is 86.4 cm³/mol. The van der Waals surface area contributed by atoms with Crippen LogP contribution in [0.15, 0.2) is 34.9 Å².